The van der Waals surface area contributed by atoms with Gasteiger partial charge >= 0.3 is 0 Å². The summed E-state index contributed by atoms with van der Waals surface area (Å²) in [4.78, 5) is 7.21. The summed E-state index contributed by atoms with van der Waals surface area (Å²) >= 11 is 0. The summed E-state index contributed by atoms with van der Waals surface area (Å²) < 4.78 is 2.29. The number of aliphatic hydroxyl groups excluding tert-OH is 1. The average molecular weight is 370 g/mol. The van der Waals surface area contributed by atoms with E-state index in [-0.39, 0.29) is 6.10 Å². The zero-order valence-corrected chi connectivity index (χ0v) is 15.8. The molecule has 1 aliphatic rings. The first kappa shape index (κ1) is 18.1. The van der Waals surface area contributed by atoms with E-state index in [9.17, 15) is 5.11 Å². The number of rotatable bonds is 2. The van der Waals surface area contributed by atoms with Crippen molar-refractivity contribution in [2.75, 3.05) is 5.73 Å². The van der Waals surface area contributed by atoms with Gasteiger partial charge in [0.05, 0.1) is 19.2 Å². The van der Waals surface area contributed by atoms with Gasteiger partial charge in [0.2, 0.25) is 0 Å². The number of nitrogen functional groups attached to an aromatic ring is 1. The van der Waals surface area contributed by atoms with Crippen LogP contribution in [0.15, 0.2) is 36.5 Å². The molecular formula is C23H22N4O. The molecule has 0 aliphatic heterocycles. The lowest BCUT2D eigenvalue weighted by Gasteiger charge is -2.27. The van der Waals surface area contributed by atoms with Crippen LogP contribution in [0.4, 0.5) is 17.1 Å². The molecular weight excluding hydrogens is 348 g/mol. The molecule has 28 heavy (non-hydrogen) atoms. The van der Waals surface area contributed by atoms with Gasteiger partial charge in [-0.1, -0.05) is 0 Å². The monoisotopic (exact) mass is 370 g/mol. The lowest BCUT2D eigenvalue weighted by Crippen LogP contribution is -2.20. The van der Waals surface area contributed by atoms with E-state index in [0.717, 1.165) is 53.3 Å². The predicted octanol–water partition coefficient (Wildman–Crippen LogP) is 5.78. The van der Waals surface area contributed by atoms with Crippen LogP contribution in [0.3, 0.4) is 0 Å². The first-order chi connectivity index (χ1) is 13.5. The zero-order valence-electron chi connectivity index (χ0n) is 15.8. The highest BCUT2D eigenvalue weighted by molar-refractivity contribution is 5.99. The van der Waals surface area contributed by atoms with Crippen LogP contribution in [-0.2, 0) is 0 Å². The van der Waals surface area contributed by atoms with Crippen molar-refractivity contribution in [1.82, 2.24) is 4.57 Å². The van der Waals surface area contributed by atoms with Crippen molar-refractivity contribution < 1.29 is 5.11 Å². The van der Waals surface area contributed by atoms with Gasteiger partial charge in [-0.2, -0.15) is 0 Å². The van der Waals surface area contributed by atoms with E-state index in [1.807, 2.05) is 25.1 Å². The number of nitrogens with two attached hydrogens (primary N) is 1. The molecule has 0 spiro atoms. The third-order valence-corrected chi connectivity index (χ3v) is 5.71. The molecule has 0 unspecified atom stereocenters. The Kier molecular flexibility index (Phi) is 4.55. The Labute approximate surface area is 164 Å². The molecule has 3 aromatic rings. The third kappa shape index (κ3) is 3.11. The van der Waals surface area contributed by atoms with Gasteiger partial charge < -0.3 is 15.4 Å². The molecule has 4 rings (SSSR count). The van der Waals surface area contributed by atoms with Crippen molar-refractivity contribution in [3.8, 4) is 11.1 Å². The Hall–Kier alpha value is -3.28. The molecule has 5 nitrogen and oxygen atoms in total. The van der Waals surface area contributed by atoms with Crippen LogP contribution < -0.4 is 5.73 Å². The van der Waals surface area contributed by atoms with Crippen LogP contribution in [0.2, 0.25) is 0 Å². The fourth-order valence-electron chi connectivity index (χ4n) is 4.23. The second kappa shape index (κ2) is 7.03. The first-order valence-corrected chi connectivity index (χ1v) is 9.49. The van der Waals surface area contributed by atoms with E-state index in [4.69, 9.17) is 18.9 Å². The molecule has 1 saturated carbocycles. The largest absolute Gasteiger partial charge is 0.400 e. The second-order valence-electron chi connectivity index (χ2n) is 7.61. The van der Waals surface area contributed by atoms with E-state index < -0.39 is 0 Å². The molecule has 3 N–H and O–H groups in total. The van der Waals surface area contributed by atoms with E-state index in [0.29, 0.717) is 23.1 Å². The topological polar surface area (TPSA) is 59.9 Å². The van der Waals surface area contributed by atoms with Crippen molar-refractivity contribution in [2.24, 2.45) is 0 Å². The van der Waals surface area contributed by atoms with Crippen molar-refractivity contribution >= 4 is 28.0 Å². The van der Waals surface area contributed by atoms with Crippen LogP contribution in [0.25, 0.3) is 31.7 Å². The summed E-state index contributed by atoms with van der Waals surface area (Å²) in [5.74, 6) is 0. The molecule has 1 aromatic heterocycles. The number of nitrogens with zero attached hydrogens (tertiary/aromatic N) is 3. The Morgan fingerprint density at radius 2 is 1.79 bits per heavy atom. The fraction of sp³-hybridized carbons (Fsp3) is 0.304. The molecule has 0 atom stereocenters. The van der Waals surface area contributed by atoms with Gasteiger partial charge in [0.25, 0.3) is 0 Å². The highest BCUT2D eigenvalue weighted by Crippen LogP contribution is 2.41. The number of hydrogen-bond donors (Lipinski definition) is 2. The Balaban J connectivity index is 1.95. The zero-order chi connectivity index (χ0) is 19.8. The molecule has 0 bridgehead atoms. The van der Waals surface area contributed by atoms with Gasteiger partial charge in [-0.25, -0.2) is 9.69 Å². The molecule has 1 aliphatic carbocycles. The summed E-state index contributed by atoms with van der Waals surface area (Å²) in [7, 11) is 0. The van der Waals surface area contributed by atoms with Crippen LogP contribution >= 0.6 is 0 Å². The summed E-state index contributed by atoms with van der Waals surface area (Å²) in [6.07, 6.45) is 5.39. The fourth-order valence-corrected chi connectivity index (χ4v) is 4.23. The van der Waals surface area contributed by atoms with E-state index in [1.54, 1.807) is 6.07 Å². The minimum atomic E-state index is -0.205. The molecule has 2 aromatic carbocycles. The molecule has 5 heteroatoms. The number of hydrogen-bond acceptors (Lipinski definition) is 2. The number of aromatic nitrogens is 1. The minimum Gasteiger partial charge on any atom is -0.400 e. The quantitative estimate of drug-likeness (QED) is 0.444. The maximum Gasteiger partial charge on any atom is 0.190 e. The summed E-state index contributed by atoms with van der Waals surface area (Å²) in [5, 5.41) is 10.9. The molecule has 140 valence electrons. The highest BCUT2D eigenvalue weighted by atomic mass is 16.3. The van der Waals surface area contributed by atoms with Gasteiger partial charge in [-0.15, -0.1) is 0 Å². The lowest BCUT2D eigenvalue weighted by atomic mass is 9.93. The smallest absolute Gasteiger partial charge is 0.190 e. The summed E-state index contributed by atoms with van der Waals surface area (Å²) in [6, 6.07) is 9.76. The van der Waals surface area contributed by atoms with Gasteiger partial charge in [0.1, 0.15) is 0 Å². The normalized spacial score (nSPS) is 19.3. The number of benzene rings is 2. The molecule has 0 radical (unpaired) electrons. The minimum absolute atomic E-state index is 0.205. The SMILES string of the molecule is [C-]#[N+]c1cc(N)cc(-c2cn(C3CCC(O)CC3)c3cc(C)c([N+]#[C-])cc23)c1. The Morgan fingerprint density at radius 1 is 1.04 bits per heavy atom. The molecule has 1 fully saturated rings. The van der Waals surface area contributed by atoms with Crippen molar-refractivity contribution in [3.63, 3.8) is 0 Å². The van der Waals surface area contributed by atoms with Gasteiger partial charge in [-0.3, -0.25) is 0 Å². The number of fused-ring (bicyclic) bond motifs is 1. The highest BCUT2D eigenvalue weighted by Gasteiger charge is 2.23. The standard InChI is InChI=1S/C23H22N4O/c1-14-8-23-20(12-22(14)26-3)21(15-9-16(24)11-17(10-15)25-2)13-27(23)18-4-6-19(28)7-5-18/h8-13,18-19,28H,4-7,24H2,1H3. The van der Waals surface area contributed by atoms with Gasteiger partial charge in [0, 0.05) is 29.0 Å². The van der Waals surface area contributed by atoms with Gasteiger partial charge in [-0.05, 0) is 79.5 Å². The summed E-state index contributed by atoms with van der Waals surface area (Å²) in [6.45, 7) is 16.8. The van der Waals surface area contributed by atoms with Crippen molar-refractivity contribution in [3.05, 3.63) is 64.9 Å². The third-order valence-electron chi connectivity index (χ3n) is 5.71. The van der Waals surface area contributed by atoms with E-state index in [1.165, 1.54) is 0 Å². The second-order valence-corrected chi connectivity index (χ2v) is 7.61. The van der Waals surface area contributed by atoms with Crippen LogP contribution in [0, 0.1) is 20.1 Å². The average Bonchev–Trinajstić information content (AvgIpc) is 3.05. The van der Waals surface area contributed by atoms with Gasteiger partial charge in [0.15, 0.2) is 11.4 Å². The van der Waals surface area contributed by atoms with Crippen molar-refractivity contribution in [2.45, 2.75) is 44.8 Å². The lowest BCUT2D eigenvalue weighted by molar-refractivity contribution is 0.111. The van der Waals surface area contributed by atoms with Crippen LogP contribution in [0.1, 0.15) is 37.3 Å². The maximum atomic E-state index is 9.89. The number of aliphatic hydroxyl groups is 1. The predicted molar refractivity (Wildman–Crippen MR) is 113 cm³/mol. The molecule has 0 saturated heterocycles. The number of anilines is 1. The Bertz CT molecular complexity index is 1140. The number of aryl methyl sites for hydroxylation is 1. The van der Waals surface area contributed by atoms with Crippen LogP contribution in [-0.4, -0.2) is 15.8 Å². The Morgan fingerprint density at radius 3 is 2.46 bits per heavy atom. The molecule has 0 amide bonds. The first-order valence-electron chi connectivity index (χ1n) is 9.49. The molecule has 1 heterocycles. The van der Waals surface area contributed by atoms with E-state index in [2.05, 4.69) is 26.5 Å². The maximum absolute atomic E-state index is 9.89. The van der Waals surface area contributed by atoms with Crippen molar-refractivity contribution in [1.29, 1.82) is 0 Å². The van der Waals surface area contributed by atoms with Crippen LogP contribution in [0.5, 0.6) is 0 Å². The summed E-state index contributed by atoms with van der Waals surface area (Å²) in [5.41, 5.74) is 11.7. The van der Waals surface area contributed by atoms with E-state index >= 15 is 0 Å².